The number of anilines is 1. The van der Waals surface area contributed by atoms with E-state index in [1.54, 1.807) is 6.07 Å². The van der Waals surface area contributed by atoms with Crippen molar-refractivity contribution >= 4 is 33.4 Å². The number of benzene rings is 1. The van der Waals surface area contributed by atoms with Gasteiger partial charge in [0.25, 0.3) is 0 Å². The average molecular weight is 353 g/mol. The lowest BCUT2D eigenvalue weighted by molar-refractivity contribution is -0.136. The molecule has 21 heavy (non-hydrogen) atoms. The fraction of sp³-hybridized carbons (Fsp3) is 0.500. The van der Waals surface area contributed by atoms with Crippen molar-refractivity contribution in [1.29, 1.82) is 0 Å². The third-order valence-corrected chi connectivity index (χ3v) is 4.78. The first-order valence-electron chi connectivity index (χ1n) is 7.46. The van der Waals surface area contributed by atoms with Gasteiger partial charge in [0, 0.05) is 10.5 Å². The Morgan fingerprint density at radius 2 is 1.81 bits per heavy atom. The quantitative estimate of drug-likeness (QED) is 0.818. The molecule has 4 nitrogen and oxygen atoms in total. The first-order valence-corrected chi connectivity index (χ1v) is 8.25. The van der Waals surface area contributed by atoms with E-state index >= 15 is 0 Å². The molecule has 1 aromatic rings. The van der Waals surface area contributed by atoms with Gasteiger partial charge in [0.05, 0.1) is 5.69 Å². The Morgan fingerprint density at radius 3 is 2.43 bits per heavy atom. The molecule has 5 heteroatoms. The zero-order valence-corrected chi connectivity index (χ0v) is 13.8. The Bertz CT molecular complexity index is 511. The lowest BCUT2D eigenvalue weighted by Gasteiger charge is -2.28. The molecule has 0 aliphatic heterocycles. The van der Waals surface area contributed by atoms with E-state index in [1.807, 2.05) is 18.2 Å². The van der Waals surface area contributed by atoms with Crippen LogP contribution in [-0.4, -0.2) is 17.9 Å². The summed E-state index contributed by atoms with van der Waals surface area (Å²) in [6, 6.07) is 7.36. The Kier molecular flexibility index (Phi) is 5.79. The van der Waals surface area contributed by atoms with Crippen LogP contribution in [0.25, 0.3) is 0 Å². The highest BCUT2D eigenvalue weighted by atomic mass is 79.9. The van der Waals surface area contributed by atoms with Crippen molar-refractivity contribution in [3.8, 4) is 0 Å². The average Bonchev–Trinajstić information content (AvgIpc) is 2.50. The zero-order valence-electron chi connectivity index (χ0n) is 12.2. The van der Waals surface area contributed by atoms with E-state index in [4.69, 9.17) is 0 Å². The van der Waals surface area contributed by atoms with Crippen molar-refractivity contribution in [2.24, 2.45) is 5.92 Å². The normalized spacial score (nSPS) is 21.6. The molecule has 2 N–H and O–H groups in total. The van der Waals surface area contributed by atoms with E-state index in [1.165, 1.54) is 6.42 Å². The summed E-state index contributed by atoms with van der Waals surface area (Å²) < 4.78 is 0.759. The second-order valence-corrected chi connectivity index (χ2v) is 6.39. The molecule has 1 aromatic carbocycles. The van der Waals surface area contributed by atoms with Gasteiger partial charge in [-0.05, 0) is 59.7 Å². The van der Waals surface area contributed by atoms with Crippen LogP contribution in [0.3, 0.4) is 0 Å². The van der Waals surface area contributed by atoms with E-state index in [9.17, 15) is 9.59 Å². The minimum atomic E-state index is -0.612. The molecule has 1 aliphatic carbocycles. The van der Waals surface area contributed by atoms with E-state index in [0.29, 0.717) is 5.69 Å². The molecule has 0 spiro atoms. The smallest absolute Gasteiger partial charge is 0.313 e. The summed E-state index contributed by atoms with van der Waals surface area (Å²) in [4.78, 5) is 23.9. The van der Waals surface area contributed by atoms with Gasteiger partial charge >= 0.3 is 11.8 Å². The second-order valence-electron chi connectivity index (χ2n) is 5.53. The van der Waals surface area contributed by atoms with Crippen LogP contribution >= 0.6 is 15.9 Å². The van der Waals surface area contributed by atoms with Crippen LogP contribution in [0.15, 0.2) is 28.7 Å². The van der Waals surface area contributed by atoms with Gasteiger partial charge in [-0.2, -0.15) is 0 Å². The van der Waals surface area contributed by atoms with Gasteiger partial charge in [0.1, 0.15) is 0 Å². The first kappa shape index (κ1) is 16.0. The van der Waals surface area contributed by atoms with Crippen molar-refractivity contribution in [3.05, 3.63) is 28.7 Å². The molecule has 1 aliphatic rings. The number of rotatable bonds is 3. The number of amides is 2. The molecule has 2 amide bonds. The number of hydrogen-bond acceptors (Lipinski definition) is 2. The second kappa shape index (κ2) is 7.59. The van der Waals surface area contributed by atoms with E-state index in [2.05, 4.69) is 33.5 Å². The molecular weight excluding hydrogens is 332 g/mol. The molecule has 114 valence electrons. The van der Waals surface area contributed by atoms with Crippen LogP contribution in [-0.2, 0) is 9.59 Å². The third kappa shape index (κ3) is 4.56. The van der Waals surface area contributed by atoms with Gasteiger partial charge in [-0.1, -0.05) is 25.5 Å². The van der Waals surface area contributed by atoms with Crippen LogP contribution in [0, 0.1) is 5.92 Å². The monoisotopic (exact) mass is 352 g/mol. The summed E-state index contributed by atoms with van der Waals surface area (Å²) in [5, 5.41) is 5.46. The van der Waals surface area contributed by atoms with Gasteiger partial charge in [0.15, 0.2) is 0 Å². The number of para-hydroxylation sites is 1. The highest BCUT2D eigenvalue weighted by molar-refractivity contribution is 9.10. The fourth-order valence-electron chi connectivity index (χ4n) is 2.71. The lowest BCUT2D eigenvalue weighted by atomic mass is 9.84. The van der Waals surface area contributed by atoms with E-state index < -0.39 is 11.8 Å². The highest BCUT2D eigenvalue weighted by Gasteiger charge is 2.24. The lowest BCUT2D eigenvalue weighted by Crippen LogP contribution is -2.43. The topological polar surface area (TPSA) is 58.2 Å². The van der Waals surface area contributed by atoms with Crippen molar-refractivity contribution < 1.29 is 9.59 Å². The molecule has 2 rings (SSSR count). The van der Waals surface area contributed by atoms with Crippen LogP contribution < -0.4 is 10.6 Å². The number of carbonyl (C=O) groups excluding carboxylic acids is 2. The van der Waals surface area contributed by atoms with Crippen LogP contribution in [0.1, 0.15) is 39.0 Å². The number of carbonyl (C=O) groups is 2. The molecule has 1 fully saturated rings. The minimum Gasteiger partial charge on any atom is -0.345 e. The maximum absolute atomic E-state index is 11.9. The first-order chi connectivity index (χ1) is 10.1. The van der Waals surface area contributed by atoms with Crippen molar-refractivity contribution in [1.82, 2.24) is 5.32 Å². The molecule has 0 radical (unpaired) electrons. The SMILES string of the molecule is CCC1CCC(NC(=O)C(=O)Nc2ccccc2Br)CC1. The van der Waals surface area contributed by atoms with Gasteiger partial charge < -0.3 is 10.6 Å². The highest BCUT2D eigenvalue weighted by Crippen LogP contribution is 2.26. The van der Waals surface area contributed by atoms with Crippen LogP contribution in [0.5, 0.6) is 0 Å². The summed E-state index contributed by atoms with van der Waals surface area (Å²) >= 11 is 3.34. The van der Waals surface area contributed by atoms with Crippen molar-refractivity contribution in [2.75, 3.05) is 5.32 Å². The summed E-state index contributed by atoms with van der Waals surface area (Å²) in [5.74, 6) is -0.391. The Hall–Kier alpha value is -1.36. The zero-order chi connectivity index (χ0) is 15.2. The molecule has 0 saturated heterocycles. The number of hydrogen-bond donors (Lipinski definition) is 2. The van der Waals surface area contributed by atoms with E-state index in [-0.39, 0.29) is 6.04 Å². The summed E-state index contributed by atoms with van der Waals surface area (Å²) in [6.45, 7) is 2.20. The Balaban J connectivity index is 1.83. The van der Waals surface area contributed by atoms with Crippen molar-refractivity contribution in [2.45, 2.75) is 45.1 Å². The fourth-order valence-corrected chi connectivity index (χ4v) is 3.09. The van der Waals surface area contributed by atoms with Gasteiger partial charge in [0.2, 0.25) is 0 Å². The maximum Gasteiger partial charge on any atom is 0.313 e. The molecule has 0 bridgehead atoms. The molecule has 0 heterocycles. The third-order valence-electron chi connectivity index (χ3n) is 4.09. The Labute approximate surface area is 133 Å². The maximum atomic E-state index is 11.9. The molecule has 0 unspecified atom stereocenters. The van der Waals surface area contributed by atoms with E-state index in [0.717, 1.165) is 36.1 Å². The van der Waals surface area contributed by atoms with Crippen LogP contribution in [0.2, 0.25) is 0 Å². The molecule has 0 atom stereocenters. The standard InChI is InChI=1S/C16H21BrN2O2/c1-2-11-7-9-12(10-8-11)18-15(20)16(21)19-14-6-4-3-5-13(14)17/h3-6,11-12H,2,7-10H2,1H3,(H,18,20)(H,19,21). The molecular formula is C16H21BrN2O2. The van der Waals surface area contributed by atoms with Gasteiger partial charge in [-0.15, -0.1) is 0 Å². The van der Waals surface area contributed by atoms with Gasteiger partial charge in [-0.3, -0.25) is 9.59 Å². The number of nitrogens with one attached hydrogen (secondary N) is 2. The minimum absolute atomic E-state index is 0.130. The molecule has 0 aromatic heterocycles. The summed E-state index contributed by atoms with van der Waals surface area (Å²) in [5.41, 5.74) is 0.604. The number of halogens is 1. The van der Waals surface area contributed by atoms with Crippen molar-refractivity contribution in [3.63, 3.8) is 0 Å². The van der Waals surface area contributed by atoms with Gasteiger partial charge in [-0.25, -0.2) is 0 Å². The Morgan fingerprint density at radius 1 is 1.14 bits per heavy atom. The van der Waals surface area contributed by atoms with Crippen LogP contribution in [0.4, 0.5) is 5.69 Å². The largest absolute Gasteiger partial charge is 0.345 e. The predicted octanol–water partition coefficient (Wildman–Crippen LogP) is 3.47. The predicted molar refractivity (Wildman–Crippen MR) is 87.0 cm³/mol. The summed E-state index contributed by atoms with van der Waals surface area (Å²) in [6.07, 6.45) is 5.39. The summed E-state index contributed by atoms with van der Waals surface area (Å²) in [7, 11) is 0. The molecule has 1 saturated carbocycles.